The van der Waals surface area contributed by atoms with Crippen LogP contribution in [0.5, 0.6) is 5.75 Å². The Labute approximate surface area is 178 Å². The normalized spacial score (nSPS) is 13.6. The Bertz CT molecular complexity index is 944. The van der Waals surface area contributed by atoms with Crippen molar-refractivity contribution in [1.82, 2.24) is 5.32 Å². The Morgan fingerprint density at radius 3 is 2.10 bits per heavy atom. The van der Waals surface area contributed by atoms with Gasteiger partial charge in [-0.25, -0.2) is 12.8 Å². The number of ether oxygens (including phenoxy) is 1. The molecule has 0 aliphatic heterocycles. The minimum absolute atomic E-state index is 0.228. The van der Waals surface area contributed by atoms with Gasteiger partial charge in [-0.15, -0.1) is 0 Å². The van der Waals surface area contributed by atoms with Crippen LogP contribution in [-0.4, -0.2) is 33.7 Å². The third-order valence-electron chi connectivity index (χ3n) is 4.71. The molecule has 0 saturated carbocycles. The van der Waals surface area contributed by atoms with Crippen LogP contribution in [0.1, 0.15) is 38.8 Å². The Kier molecular flexibility index (Phi) is 7.83. The number of halogens is 1. The number of carbonyl (C=O) groups excluding carboxylic acids is 1. The molecule has 2 rings (SSSR count). The predicted octanol–water partition coefficient (Wildman–Crippen LogP) is 3.89. The Morgan fingerprint density at radius 1 is 1.07 bits per heavy atom. The number of nitrogens with one attached hydrogen (secondary N) is 1. The molecule has 0 radical (unpaired) electrons. The number of amides is 1. The van der Waals surface area contributed by atoms with Crippen molar-refractivity contribution >= 4 is 21.6 Å². The molecule has 164 valence electrons. The lowest BCUT2D eigenvalue weighted by Crippen LogP contribution is -2.48. The number of hydrogen-bond donors (Lipinski definition) is 1. The maximum atomic E-state index is 13.3. The lowest BCUT2D eigenvalue weighted by molar-refractivity contribution is -0.122. The second kappa shape index (κ2) is 9.93. The van der Waals surface area contributed by atoms with Crippen LogP contribution in [0.4, 0.5) is 10.1 Å². The summed E-state index contributed by atoms with van der Waals surface area (Å²) in [5, 5.41) is 2.98. The van der Waals surface area contributed by atoms with Crippen molar-refractivity contribution in [3.63, 3.8) is 0 Å². The summed E-state index contributed by atoms with van der Waals surface area (Å²) in [6.45, 7) is 5.61. The molecule has 0 bridgehead atoms. The molecule has 2 aromatic rings. The molecule has 0 heterocycles. The zero-order valence-corrected chi connectivity index (χ0v) is 18.7. The minimum Gasteiger partial charge on any atom is -0.497 e. The van der Waals surface area contributed by atoms with Gasteiger partial charge in [0.2, 0.25) is 15.9 Å². The van der Waals surface area contributed by atoms with E-state index in [2.05, 4.69) is 5.32 Å². The molecule has 1 amide bonds. The highest BCUT2D eigenvalue weighted by atomic mass is 32.2. The zero-order valence-electron chi connectivity index (χ0n) is 17.9. The van der Waals surface area contributed by atoms with Crippen LogP contribution in [0.25, 0.3) is 0 Å². The van der Waals surface area contributed by atoms with Crippen molar-refractivity contribution in [1.29, 1.82) is 0 Å². The van der Waals surface area contributed by atoms with Gasteiger partial charge in [0.25, 0.3) is 0 Å². The third-order valence-corrected chi connectivity index (χ3v) is 5.95. The van der Waals surface area contributed by atoms with Gasteiger partial charge < -0.3 is 10.1 Å². The van der Waals surface area contributed by atoms with Crippen LogP contribution in [0, 0.1) is 11.7 Å². The van der Waals surface area contributed by atoms with Crippen molar-refractivity contribution < 1.29 is 22.3 Å². The van der Waals surface area contributed by atoms with E-state index in [1.54, 1.807) is 7.11 Å². The Morgan fingerprint density at radius 2 is 1.63 bits per heavy atom. The van der Waals surface area contributed by atoms with Gasteiger partial charge in [-0.2, -0.15) is 0 Å². The van der Waals surface area contributed by atoms with Gasteiger partial charge in [0.15, 0.2) is 0 Å². The molecular formula is C22H29FN2O4S. The van der Waals surface area contributed by atoms with Gasteiger partial charge in [0.05, 0.1) is 25.1 Å². The maximum Gasteiger partial charge on any atom is 0.244 e. The molecule has 0 fully saturated rings. The van der Waals surface area contributed by atoms with Crippen molar-refractivity contribution in [2.45, 2.75) is 39.3 Å². The summed E-state index contributed by atoms with van der Waals surface area (Å²) in [6.07, 6.45) is 1.70. The fourth-order valence-corrected chi connectivity index (χ4v) is 4.45. The first kappa shape index (κ1) is 23.7. The van der Waals surface area contributed by atoms with E-state index in [1.165, 1.54) is 19.1 Å². The van der Waals surface area contributed by atoms with Crippen molar-refractivity contribution in [2.24, 2.45) is 5.92 Å². The van der Waals surface area contributed by atoms with Crippen molar-refractivity contribution in [3.8, 4) is 5.75 Å². The van der Waals surface area contributed by atoms with Gasteiger partial charge in [-0.3, -0.25) is 9.10 Å². The van der Waals surface area contributed by atoms with Crippen LogP contribution < -0.4 is 14.4 Å². The highest BCUT2D eigenvalue weighted by Gasteiger charge is 2.30. The monoisotopic (exact) mass is 436 g/mol. The first-order valence-corrected chi connectivity index (χ1v) is 11.6. The van der Waals surface area contributed by atoms with Crippen LogP contribution in [-0.2, 0) is 14.8 Å². The SMILES string of the molecule is COc1ccc([C@H](CC(C)C)NC(=O)[C@@H](C)N(c2ccc(F)cc2)S(C)(=O)=O)cc1. The van der Waals surface area contributed by atoms with E-state index < -0.39 is 27.8 Å². The standard InChI is InChI=1S/C22H29FN2O4S/c1-15(2)14-21(17-6-12-20(29-4)13-7-17)24-22(26)16(3)25(30(5,27)28)19-10-8-18(23)9-11-19/h6-13,15-16,21H,14H2,1-5H3,(H,24,26)/t16-,21+/m1/s1. The highest BCUT2D eigenvalue weighted by molar-refractivity contribution is 7.92. The lowest BCUT2D eigenvalue weighted by Gasteiger charge is -2.30. The van der Waals surface area contributed by atoms with Crippen molar-refractivity contribution in [2.75, 3.05) is 17.7 Å². The van der Waals surface area contributed by atoms with E-state index in [1.807, 2.05) is 38.1 Å². The molecule has 6 nitrogen and oxygen atoms in total. The summed E-state index contributed by atoms with van der Waals surface area (Å²) in [7, 11) is -2.19. The van der Waals surface area contributed by atoms with E-state index in [9.17, 15) is 17.6 Å². The third kappa shape index (κ3) is 6.19. The molecule has 0 aliphatic rings. The summed E-state index contributed by atoms with van der Waals surface area (Å²) in [4.78, 5) is 13.0. The summed E-state index contributed by atoms with van der Waals surface area (Å²) in [5.74, 6) is 0.0872. The summed E-state index contributed by atoms with van der Waals surface area (Å²) in [5.41, 5.74) is 1.13. The Hall–Kier alpha value is -2.61. The van der Waals surface area contributed by atoms with Gasteiger partial charge in [-0.05, 0) is 61.2 Å². The smallest absolute Gasteiger partial charge is 0.244 e. The molecule has 8 heteroatoms. The second-order valence-corrected chi connectivity index (χ2v) is 9.53. The van der Waals surface area contributed by atoms with E-state index in [4.69, 9.17) is 4.74 Å². The number of benzene rings is 2. The fraction of sp³-hybridized carbons (Fsp3) is 0.409. The van der Waals surface area contributed by atoms with E-state index in [0.717, 1.165) is 28.3 Å². The van der Waals surface area contributed by atoms with Crippen LogP contribution in [0.2, 0.25) is 0 Å². The van der Waals surface area contributed by atoms with E-state index in [0.29, 0.717) is 18.1 Å². The molecule has 30 heavy (non-hydrogen) atoms. The van der Waals surface area contributed by atoms with Gasteiger partial charge in [0, 0.05) is 0 Å². The quantitative estimate of drug-likeness (QED) is 0.647. The number of carbonyl (C=O) groups is 1. The van der Waals surface area contributed by atoms with Crippen molar-refractivity contribution in [3.05, 3.63) is 59.9 Å². The summed E-state index contributed by atoms with van der Waals surface area (Å²) < 4.78 is 44.3. The van der Waals surface area contributed by atoms with Crippen LogP contribution in [0.3, 0.4) is 0 Å². The highest BCUT2D eigenvalue weighted by Crippen LogP contribution is 2.25. The topological polar surface area (TPSA) is 75.7 Å². The molecule has 0 unspecified atom stereocenters. The molecule has 0 saturated heterocycles. The first-order valence-electron chi connectivity index (χ1n) is 9.72. The largest absolute Gasteiger partial charge is 0.497 e. The first-order chi connectivity index (χ1) is 14.0. The van der Waals surface area contributed by atoms with Crippen LogP contribution in [0.15, 0.2) is 48.5 Å². The summed E-state index contributed by atoms with van der Waals surface area (Å²) in [6, 6.07) is 11.1. The number of rotatable bonds is 9. The number of sulfonamides is 1. The summed E-state index contributed by atoms with van der Waals surface area (Å²) >= 11 is 0. The molecule has 2 atom stereocenters. The second-order valence-electron chi connectivity index (χ2n) is 7.68. The number of hydrogen-bond acceptors (Lipinski definition) is 4. The van der Waals surface area contributed by atoms with E-state index in [-0.39, 0.29) is 11.7 Å². The molecule has 0 aliphatic carbocycles. The number of nitrogens with zero attached hydrogens (tertiary/aromatic N) is 1. The zero-order chi connectivity index (χ0) is 22.5. The minimum atomic E-state index is -3.77. The molecule has 2 aromatic carbocycles. The van der Waals surface area contributed by atoms with Gasteiger partial charge in [-0.1, -0.05) is 26.0 Å². The molecule has 0 spiro atoms. The molecule has 0 aromatic heterocycles. The molecular weight excluding hydrogens is 407 g/mol. The van der Waals surface area contributed by atoms with Crippen LogP contribution >= 0.6 is 0 Å². The lowest BCUT2D eigenvalue weighted by atomic mass is 9.96. The number of methoxy groups -OCH3 is 1. The van der Waals surface area contributed by atoms with E-state index >= 15 is 0 Å². The fourth-order valence-electron chi connectivity index (χ4n) is 3.28. The number of anilines is 1. The molecule has 1 N–H and O–H groups in total. The predicted molar refractivity (Wildman–Crippen MR) is 117 cm³/mol. The maximum absolute atomic E-state index is 13.3. The average Bonchev–Trinajstić information content (AvgIpc) is 2.67. The Balaban J connectivity index is 2.30. The van der Waals surface area contributed by atoms with Gasteiger partial charge >= 0.3 is 0 Å². The average molecular weight is 437 g/mol. The van der Waals surface area contributed by atoms with Gasteiger partial charge in [0.1, 0.15) is 17.6 Å².